The molecule has 0 aromatic carbocycles. The predicted octanol–water partition coefficient (Wildman–Crippen LogP) is -0.393. The molecule has 0 amide bonds. The van der Waals surface area contributed by atoms with Gasteiger partial charge in [0.15, 0.2) is 6.29 Å². The van der Waals surface area contributed by atoms with Crippen LogP contribution in [0, 0.1) is 0 Å². The highest BCUT2D eigenvalue weighted by atomic mass is 16.6. The summed E-state index contributed by atoms with van der Waals surface area (Å²) in [6.07, 6.45) is -0.878. The summed E-state index contributed by atoms with van der Waals surface area (Å²) in [5.74, 6) is -0.935. The van der Waals surface area contributed by atoms with E-state index in [1.54, 1.807) is 0 Å². The Labute approximate surface area is 88.7 Å². The van der Waals surface area contributed by atoms with Crippen LogP contribution in [0.2, 0.25) is 0 Å². The van der Waals surface area contributed by atoms with E-state index in [0.29, 0.717) is 0 Å². The molecule has 6 nitrogen and oxygen atoms in total. The van der Waals surface area contributed by atoms with Crippen molar-refractivity contribution in [3.63, 3.8) is 0 Å². The molecule has 0 aromatic heterocycles. The van der Waals surface area contributed by atoms with Crippen molar-refractivity contribution in [1.29, 1.82) is 0 Å². The Morgan fingerprint density at radius 1 is 1.53 bits per heavy atom. The van der Waals surface area contributed by atoms with Crippen LogP contribution >= 0.6 is 0 Å². The highest BCUT2D eigenvalue weighted by Gasteiger charge is 1.98. The number of ether oxygens (including phenoxy) is 2. The van der Waals surface area contributed by atoms with Crippen LogP contribution in [-0.4, -0.2) is 54.5 Å². The molecule has 0 spiro atoms. The van der Waals surface area contributed by atoms with Gasteiger partial charge < -0.3 is 24.8 Å². The number of carboxylic acids is 1. The molecule has 0 fully saturated rings. The normalized spacial score (nSPS) is 11.2. The summed E-state index contributed by atoms with van der Waals surface area (Å²) >= 11 is 0. The largest absolute Gasteiger partial charge is 0.478 e. The van der Waals surface area contributed by atoms with Crippen molar-refractivity contribution in [1.82, 2.24) is 0 Å². The van der Waals surface area contributed by atoms with Crippen LogP contribution in [0.1, 0.15) is 6.92 Å². The first-order chi connectivity index (χ1) is 6.95. The molecule has 0 aliphatic rings. The maximum atomic E-state index is 9.60. The molecule has 0 heterocycles. The number of hydrogen-bond acceptors (Lipinski definition) is 5. The summed E-state index contributed by atoms with van der Waals surface area (Å²) in [5.41, 5.74) is 0.176. The van der Waals surface area contributed by atoms with Gasteiger partial charge in [-0.05, 0) is 6.92 Å². The first-order valence-corrected chi connectivity index (χ1v) is 4.24. The molecule has 3 N–H and O–H groups in total. The molecule has 0 rings (SSSR count). The van der Waals surface area contributed by atoms with Gasteiger partial charge >= 0.3 is 5.97 Å². The highest BCUT2D eigenvalue weighted by molar-refractivity contribution is 5.84. The SMILES string of the molecule is C=C(C)C(=O)O.COC(O)COCCO. The number of carboxylic acid groups (broad SMARTS) is 1. The van der Waals surface area contributed by atoms with Crippen LogP contribution in [0.15, 0.2) is 12.2 Å². The number of hydrogen-bond donors (Lipinski definition) is 3. The summed E-state index contributed by atoms with van der Waals surface area (Å²) in [7, 11) is 1.38. The van der Waals surface area contributed by atoms with Crippen LogP contribution < -0.4 is 0 Å². The maximum Gasteiger partial charge on any atom is 0.330 e. The number of rotatable bonds is 6. The summed E-state index contributed by atoms with van der Waals surface area (Å²) in [4.78, 5) is 9.60. The topological polar surface area (TPSA) is 96.2 Å². The zero-order chi connectivity index (χ0) is 12.3. The van der Waals surface area contributed by atoms with E-state index in [1.807, 2.05) is 0 Å². The second-order valence-electron chi connectivity index (χ2n) is 2.57. The van der Waals surface area contributed by atoms with Gasteiger partial charge in [0, 0.05) is 12.7 Å². The number of aliphatic hydroxyl groups is 2. The van der Waals surface area contributed by atoms with Crippen LogP contribution in [-0.2, 0) is 14.3 Å². The molecule has 0 saturated carbocycles. The number of carbonyl (C=O) groups is 1. The lowest BCUT2D eigenvalue weighted by Crippen LogP contribution is -2.18. The van der Waals surface area contributed by atoms with Gasteiger partial charge in [-0.25, -0.2) is 4.79 Å². The minimum atomic E-state index is -0.935. The van der Waals surface area contributed by atoms with E-state index >= 15 is 0 Å². The van der Waals surface area contributed by atoms with Gasteiger partial charge in [-0.3, -0.25) is 0 Å². The molecule has 6 heteroatoms. The monoisotopic (exact) mass is 222 g/mol. The van der Waals surface area contributed by atoms with E-state index in [-0.39, 0.29) is 25.4 Å². The fraction of sp³-hybridized carbons (Fsp3) is 0.667. The van der Waals surface area contributed by atoms with E-state index in [0.717, 1.165) is 0 Å². The molecule has 0 aliphatic carbocycles. The molecular weight excluding hydrogens is 204 g/mol. The Kier molecular flexibility index (Phi) is 12.2. The third-order valence-electron chi connectivity index (χ3n) is 1.13. The van der Waals surface area contributed by atoms with Gasteiger partial charge in [-0.2, -0.15) is 0 Å². The van der Waals surface area contributed by atoms with Crippen LogP contribution in [0.25, 0.3) is 0 Å². The molecule has 0 bridgehead atoms. The third kappa shape index (κ3) is 15.8. The zero-order valence-corrected chi connectivity index (χ0v) is 8.97. The Bertz CT molecular complexity index is 167. The Hall–Kier alpha value is -0.950. The standard InChI is InChI=1S/C5H12O4.C4H6O2/c1-8-5(7)4-9-3-2-6;1-3(2)4(5)6/h5-7H,2-4H2,1H3;1H2,2H3,(H,5,6). The van der Waals surface area contributed by atoms with Crippen molar-refractivity contribution >= 4 is 5.97 Å². The van der Waals surface area contributed by atoms with Gasteiger partial charge in [0.2, 0.25) is 0 Å². The minimum Gasteiger partial charge on any atom is -0.478 e. The summed E-state index contributed by atoms with van der Waals surface area (Å²) < 4.78 is 9.16. The Morgan fingerprint density at radius 2 is 2.00 bits per heavy atom. The van der Waals surface area contributed by atoms with Gasteiger partial charge in [0.25, 0.3) is 0 Å². The predicted molar refractivity (Wildman–Crippen MR) is 53.4 cm³/mol. The van der Waals surface area contributed by atoms with Crippen molar-refractivity contribution in [2.24, 2.45) is 0 Å². The smallest absolute Gasteiger partial charge is 0.330 e. The lowest BCUT2D eigenvalue weighted by atomic mass is 10.4. The van der Waals surface area contributed by atoms with Crippen molar-refractivity contribution in [3.8, 4) is 0 Å². The van der Waals surface area contributed by atoms with Crippen molar-refractivity contribution in [2.75, 3.05) is 26.9 Å². The van der Waals surface area contributed by atoms with E-state index < -0.39 is 12.3 Å². The molecule has 0 radical (unpaired) electrons. The van der Waals surface area contributed by atoms with Gasteiger partial charge in [-0.1, -0.05) is 6.58 Å². The third-order valence-corrected chi connectivity index (χ3v) is 1.13. The van der Waals surface area contributed by atoms with Crippen molar-refractivity contribution in [2.45, 2.75) is 13.2 Å². The van der Waals surface area contributed by atoms with E-state index in [4.69, 9.17) is 20.1 Å². The van der Waals surface area contributed by atoms with Crippen LogP contribution in [0.4, 0.5) is 0 Å². The number of aliphatic hydroxyl groups excluding tert-OH is 2. The van der Waals surface area contributed by atoms with E-state index in [9.17, 15) is 4.79 Å². The van der Waals surface area contributed by atoms with E-state index in [1.165, 1.54) is 14.0 Å². The highest BCUT2D eigenvalue weighted by Crippen LogP contribution is 1.83. The summed E-state index contributed by atoms with van der Waals surface area (Å²) in [5, 5.41) is 24.8. The molecule has 1 unspecified atom stereocenters. The molecule has 0 aliphatic heterocycles. The van der Waals surface area contributed by atoms with Crippen LogP contribution in [0.3, 0.4) is 0 Å². The zero-order valence-electron chi connectivity index (χ0n) is 8.97. The van der Waals surface area contributed by atoms with Gasteiger partial charge in [0.05, 0.1) is 19.8 Å². The number of aliphatic carboxylic acids is 1. The van der Waals surface area contributed by atoms with Crippen LogP contribution in [0.5, 0.6) is 0 Å². The fourth-order valence-corrected chi connectivity index (χ4v) is 0.317. The first-order valence-electron chi connectivity index (χ1n) is 4.24. The fourth-order valence-electron chi connectivity index (χ4n) is 0.317. The average molecular weight is 222 g/mol. The quantitative estimate of drug-likeness (QED) is 0.322. The summed E-state index contributed by atoms with van der Waals surface area (Å²) in [6, 6.07) is 0. The molecule has 15 heavy (non-hydrogen) atoms. The second kappa shape index (κ2) is 11.1. The summed E-state index contributed by atoms with van der Waals surface area (Å²) in [6.45, 7) is 4.92. The number of methoxy groups -OCH3 is 1. The van der Waals surface area contributed by atoms with E-state index in [2.05, 4.69) is 11.3 Å². The molecule has 1 atom stereocenters. The average Bonchev–Trinajstić information content (AvgIpc) is 2.18. The lowest BCUT2D eigenvalue weighted by Gasteiger charge is -2.06. The lowest BCUT2D eigenvalue weighted by molar-refractivity contribution is -0.132. The molecule has 0 saturated heterocycles. The molecule has 90 valence electrons. The Morgan fingerprint density at radius 3 is 2.27 bits per heavy atom. The first kappa shape index (κ1) is 16.5. The van der Waals surface area contributed by atoms with Gasteiger partial charge in [0.1, 0.15) is 0 Å². The van der Waals surface area contributed by atoms with Gasteiger partial charge in [-0.15, -0.1) is 0 Å². The molecule has 0 aromatic rings. The maximum absolute atomic E-state index is 9.60. The molecular formula is C9H18O6. The minimum absolute atomic E-state index is 0.0313. The Balaban J connectivity index is 0. The van der Waals surface area contributed by atoms with Crippen molar-refractivity contribution < 1.29 is 29.6 Å². The second-order valence-corrected chi connectivity index (χ2v) is 2.57. The van der Waals surface area contributed by atoms with Crippen molar-refractivity contribution in [3.05, 3.63) is 12.2 Å².